The standard InChI is InChI=1S/C19H21N5OS/c25-17(22-13-3-7-19(13)5-1-2-6-19)16-15-12(4-8-20-15)11-14(23-16)24-18-21-9-10-26-18/h4,8-11,13,20H,1-3,5-7H2,(H,22,25)(H,21,23,24). The van der Waals surface area contributed by atoms with Crippen LogP contribution in [-0.4, -0.2) is 26.9 Å². The molecule has 3 aromatic heterocycles. The molecule has 1 atom stereocenters. The summed E-state index contributed by atoms with van der Waals surface area (Å²) in [6.07, 6.45) is 11.0. The number of H-pyrrole nitrogens is 1. The molecule has 1 amide bonds. The molecule has 1 unspecified atom stereocenters. The molecule has 2 fully saturated rings. The number of nitrogens with one attached hydrogen (secondary N) is 3. The number of rotatable bonds is 4. The molecule has 2 aliphatic carbocycles. The van der Waals surface area contributed by atoms with Crippen molar-refractivity contribution in [3.63, 3.8) is 0 Å². The van der Waals surface area contributed by atoms with Crippen LogP contribution in [0.3, 0.4) is 0 Å². The number of carbonyl (C=O) groups excluding carboxylic acids is 1. The summed E-state index contributed by atoms with van der Waals surface area (Å²) in [5, 5.41) is 10.1. The van der Waals surface area contributed by atoms with Gasteiger partial charge < -0.3 is 15.6 Å². The predicted molar refractivity (Wildman–Crippen MR) is 103 cm³/mol. The summed E-state index contributed by atoms with van der Waals surface area (Å²) < 4.78 is 0. The van der Waals surface area contributed by atoms with Gasteiger partial charge in [-0.25, -0.2) is 9.97 Å². The molecule has 0 bridgehead atoms. The first-order valence-electron chi connectivity index (χ1n) is 9.19. The Hall–Kier alpha value is -2.41. The highest BCUT2D eigenvalue weighted by atomic mass is 32.1. The number of pyridine rings is 1. The van der Waals surface area contributed by atoms with Crippen LogP contribution in [0.25, 0.3) is 10.9 Å². The average molecular weight is 367 g/mol. The maximum atomic E-state index is 13.0. The maximum Gasteiger partial charge on any atom is 0.272 e. The molecule has 2 aliphatic rings. The number of nitrogens with zero attached hydrogens (tertiary/aromatic N) is 2. The van der Waals surface area contributed by atoms with Crippen LogP contribution in [0.5, 0.6) is 0 Å². The third-order valence-electron chi connectivity index (χ3n) is 6.00. The van der Waals surface area contributed by atoms with E-state index in [1.165, 1.54) is 43.4 Å². The van der Waals surface area contributed by atoms with Gasteiger partial charge in [0.2, 0.25) is 0 Å². The number of hydrogen-bond donors (Lipinski definition) is 3. The first-order valence-corrected chi connectivity index (χ1v) is 10.1. The Morgan fingerprint density at radius 3 is 2.92 bits per heavy atom. The van der Waals surface area contributed by atoms with E-state index in [4.69, 9.17) is 0 Å². The van der Waals surface area contributed by atoms with Crippen molar-refractivity contribution >= 4 is 39.1 Å². The summed E-state index contributed by atoms with van der Waals surface area (Å²) in [5.74, 6) is 0.553. The smallest absolute Gasteiger partial charge is 0.272 e. The van der Waals surface area contributed by atoms with E-state index in [-0.39, 0.29) is 5.91 Å². The van der Waals surface area contributed by atoms with Crippen molar-refractivity contribution in [2.24, 2.45) is 5.41 Å². The Kier molecular flexibility index (Phi) is 3.70. The Bertz CT molecular complexity index is 942. The zero-order valence-electron chi connectivity index (χ0n) is 14.4. The minimum Gasteiger partial charge on any atom is -0.359 e. The molecule has 3 aromatic rings. The van der Waals surface area contributed by atoms with E-state index in [0.717, 1.165) is 22.5 Å². The van der Waals surface area contributed by atoms with Crippen molar-refractivity contribution in [1.29, 1.82) is 0 Å². The summed E-state index contributed by atoms with van der Waals surface area (Å²) in [4.78, 5) is 25.0. The van der Waals surface area contributed by atoms with Gasteiger partial charge in [0.25, 0.3) is 5.91 Å². The fourth-order valence-electron chi connectivity index (χ4n) is 4.51. The van der Waals surface area contributed by atoms with Gasteiger partial charge >= 0.3 is 0 Å². The molecule has 134 valence electrons. The van der Waals surface area contributed by atoms with Crippen LogP contribution >= 0.6 is 11.3 Å². The number of carbonyl (C=O) groups is 1. The van der Waals surface area contributed by atoms with Crippen LogP contribution in [0.15, 0.2) is 29.9 Å². The van der Waals surface area contributed by atoms with Gasteiger partial charge in [-0.3, -0.25) is 4.79 Å². The molecule has 26 heavy (non-hydrogen) atoms. The van der Waals surface area contributed by atoms with E-state index in [1.54, 1.807) is 6.20 Å². The van der Waals surface area contributed by atoms with E-state index in [1.807, 2.05) is 23.7 Å². The molecule has 5 rings (SSSR count). The van der Waals surface area contributed by atoms with Crippen LogP contribution in [0, 0.1) is 5.41 Å². The van der Waals surface area contributed by atoms with Crippen molar-refractivity contribution in [2.75, 3.05) is 5.32 Å². The minimum absolute atomic E-state index is 0.0868. The number of aromatic nitrogens is 3. The molecular weight excluding hydrogens is 346 g/mol. The van der Waals surface area contributed by atoms with Crippen LogP contribution in [0.4, 0.5) is 10.9 Å². The first-order chi connectivity index (χ1) is 12.7. The van der Waals surface area contributed by atoms with Gasteiger partial charge in [-0.05, 0) is 43.2 Å². The molecule has 0 radical (unpaired) electrons. The van der Waals surface area contributed by atoms with Gasteiger partial charge in [0, 0.05) is 29.2 Å². The van der Waals surface area contributed by atoms with Crippen LogP contribution < -0.4 is 10.6 Å². The van der Waals surface area contributed by atoms with Crippen molar-refractivity contribution in [3.8, 4) is 0 Å². The second-order valence-corrected chi connectivity index (χ2v) is 8.29. The Morgan fingerprint density at radius 1 is 1.31 bits per heavy atom. The molecular formula is C19H21N5OS. The number of hydrogen-bond acceptors (Lipinski definition) is 5. The number of thiazole rings is 1. The van der Waals surface area contributed by atoms with Gasteiger partial charge in [0.05, 0.1) is 5.52 Å². The van der Waals surface area contributed by atoms with E-state index in [9.17, 15) is 4.79 Å². The number of anilines is 2. The fourth-order valence-corrected chi connectivity index (χ4v) is 5.05. The lowest BCUT2D eigenvalue weighted by molar-refractivity contribution is 0.0580. The number of amides is 1. The van der Waals surface area contributed by atoms with Crippen molar-refractivity contribution in [2.45, 2.75) is 44.6 Å². The highest BCUT2D eigenvalue weighted by Gasteiger charge is 2.48. The van der Waals surface area contributed by atoms with E-state index in [2.05, 4.69) is 25.6 Å². The van der Waals surface area contributed by atoms with Gasteiger partial charge in [0.1, 0.15) is 5.82 Å². The van der Waals surface area contributed by atoms with Gasteiger partial charge in [-0.1, -0.05) is 12.8 Å². The normalized spacial score (nSPS) is 21.0. The lowest BCUT2D eigenvalue weighted by Crippen LogP contribution is -2.54. The van der Waals surface area contributed by atoms with Gasteiger partial charge in [-0.2, -0.15) is 0 Å². The van der Waals surface area contributed by atoms with E-state index < -0.39 is 0 Å². The average Bonchev–Trinajstić information content (AvgIpc) is 3.38. The highest BCUT2D eigenvalue weighted by Crippen LogP contribution is 2.53. The second-order valence-electron chi connectivity index (χ2n) is 7.39. The molecule has 2 saturated carbocycles. The van der Waals surface area contributed by atoms with Crippen molar-refractivity contribution < 1.29 is 4.79 Å². The van der Waals surface area contributed by atoms with Crippen molar-refractivity contribution in [1.82, 2.24) is 20.3 Å². The SMILES string of the molecule is O=C(NC1CCC12CCCC2)c1nc(Nc2nccs2)cc2cc[nH]c12. The van der Waals surface area contributed by atoms with Crippen LogP contribution in [-0.2, 0) is 0 Å². The first kappa shape index (κ1) is 15.8. The highest BCUT2D eigenvalue weighted by molar-refractivity contribution is 7.13. The molecule has 6 nitrogen and oxygen atoms in total. The summed E-state index contributed by atoms with van der Waals surface area (Å²) in [6, 6.07) is 4.19. The minimum atomic E-state index is -0.0868. The summed E-state index contributed by atoms with van der Waals surface area (Å²) in [6.45, 7) is 0. The molecule has 0 saturated heterocycles. The molecule has 7 heteroatoms. The molecule has 0 aliphatic heterocycles. The van der Waals surface area contributed by atoms with Gasteiger partial charge in [-0.15, -0.1) is 11.3 Å². The maximum absolute atomic E-state index is 13.0. The largest absolute Gasteiger partial charge is 0.359 e. The monoisotopic (exact) mass is 367 g/mol. The van der Waals surface area contributed by atoms with Crippen molar-refractivity contribution in [3.05, 3.63) is 35.6 Å². The van der Waals surface area contributed by atoms with Crippen LogP contribution in [0.1, 0.15) is 49.0 Å². The van der Waals surface area contributed by atoms with E-state index >= 15 is 0 Å². The zero-order chi connectivity index (χ0) is 17.6. The Balaban J connectivity index is 1.43. The Labute approximate surface area is 155 Å². The lowest BCUT2D eigenvalue weighted by atomic mass is 9.63. The van der Waals surface area contributed by atoms with Gasteiger partial charge in [0.15, 0.2) is 10.8 Å². The molecule has 0 aromatic carbocycles. The quantitative estimate of drug-likeness (QED) is 0.645. The molecule has 3 N–H and O–H groups in total. The summed E-state index contributed by atoms with van der Waals surface area (Å²) >= 11 is 1.50. The third-order valence-corrected chi connectivity index (χ3v) is 6.69. The topological polar surface area (TPSA) is 82.7 Å². The molecule has 1 spiro atoms. The van der Waals surface area contributed by atoms with E-state index in [0.29, 0.717) is 23.0 Å². The number of aromatic amines is 1. The third kappa shape index (κ3) is 2.58. The zero-order valence-corrected chi connectivity index (χ0v) is 15.2. The summed E-state index contributed by atoms with van der Waals surface area (Å²) in [7, 11) is 0. The van der Waals surface area contributed by atoms with Crippen LogP contribution in [0.2, 0.25) is 0 Å². The fraction of sp³-hybridized carbons (Fsp3) is 0.421. The second kappa shape index (κ2) is 6.09. The lowest BCUT2D eigenvalue weighted by Gasteiger charge is -2.47. The summed E-state index contributed by atoms with van der Waals surface area (Å²) in [5.41, 5.74) is 1.58. The number of fused-ring (bicyclic) bond motifs is 1. The predicted octanol–water partition coefficient (Wildman–Crippen LogP) is 4.22. The molecule has 3 heterocycles. The Morgan fingerprint density at radius 2 is 2.19 bits per heavy atom.